The monoisotopic (exact) mass is 406 g/mol. The van der Waals surface area contributed by atoms with Crippen LogP contribution in [0.25, 0.3) is 11.0 Å². The minimum Gasteiger partial charge on any atom is -0.460 e. The van der Waals surface area contributed by atoms with E-state index in [0.717, 1.165) is 29.7 Å². The Kier molecular flexibility index (Phi) is 4.40. The topological polar surface area (TPSA) is 73.4 Å². The Morgan fingerprint density at radius 1 is 1.14 bits per heavy atom. The van der Waals surface area contributed by atoms with Crippen molar-refractivity contribution in [1.29, 1.82) is 5.26 Å². The average Bonchev–Trinajstić information content (AvgIpc) is 3.51. The molecule has 1 aromatic carbocycles. The number of anilines is 1. The molecule has 2 fully saturated rings. The number of hydrogen-bond acceptors (Lipinski definition) is 5. The predicted octanol–water partition coefficient (Wildman–Crippen LogP) is 4.19. The third-order valence-corrected chi connectivity index (χ3v) is 5.81. The van der Waals surface area contributed by atoms with Crippen LogP contribution in [0.5, 0.6) is 0 Å². The van der Waals surface area contributed by atoms with Crippen LogP contribution in [0.1, 0.15) is 40.4 Å². The van der Waals surface area contributed by atoms with E-state index in [-0.39, 0.29) is 5.91 Å². The molecule has 0 spiro atoms. The second-order valence-corrected chi connectivity index (χ2v) is 8.05. The lowest BCUT2D eigenvalue weighted by Crippen LogP contribution is -2.48. The zero-order valence-corrected chi connectivity index (χ0v) is 16.5. The summed E-state index contributed by atoms with van der Waals surface area (Å²) in [6.45, 7) is 2.51. The molecule has 1 aliphatic carbocycles. The third kappa shape index (κ3) is 3.43. The van der Waals surface area contributed by atoms with Crippen LogP contribution in [0, 0.1) is 11.3 Å². The molecule has 0 bridgehead atoms. The summed E-state index contributed by atoms with van der Waals surface area (Å²) in [6.07, 6.45) is 5.66. The van der Waals surface area contributed by atoms with Crippen LogP contribution in [0.2, 0.25) is 5.02 Å². The van der Waals surface area contributed by atoms with Gasteiger partial charge in [0.1, 0.15) is 16.9 Å². The number of fused-ring (bicyclic) bond motifs is 1. The molecule has 5 rings (SSSR count). The molecule has 6 nitrogen and oxygen atoms in total. The summed E-state index contributed by atoms with van der Waals surface area (Å²) in [4.78, 5) is 21.4. The molecule has 1 aliphatic heterocycles. The van der Waals surface area contributed by atoms with E-state index in [1.807, 2.05) is 23.1 Å². The van der Waals surface area contributed by atoms with Gasteiger partial charge in [-0.15, -0.1) is 0 Å². The van der Waals surface area contributed by atoms with E-state index >= 15 is 0 Å². The first-order chi connectivity index (χ1) is 14.1. The number of aromatic nitrogens is 1. The number of rotatable bonds is 3. The number of halogens is 1. The zero-order valence-electron chi connectivity index (χ0n) is 15.8. The summed E-state index contributed by atoms with van der Waals surface area (Å²) in [7, 11) is 0. The highest BCUT2D eigenvalue weighted by atomic mass is 35.5. The van der Waals surface area contributed by atoms with Gasteiger partial charge in [-0.25, -0.2) is 0 Å². The first kappa shape index (κ1) is 18.0. The molecule has 3 heterocycles. The van der Waals surface area contributed by atoms with Crippen molar-refractivity contribution >= 4 is 34.2 Å². The van der Waals surface area contributed by atoms with Gasteiger partial charge >= 0.3 is 0 Å². The van der Waals surface area contributed by atoms with Crippen molar-refractivity contribution in [3.63, 3.8) is 0 Å². The molecule has 1 saturated carbocycles. The lowest BCUT2D eigenvalue weighted by molar-refractivity contribution is 0.0747. The van der Waals surface area contributed by atoms with Crippen LogP contribution in [0.3, 0.4) is 0 Å². The number of hydrogen-bond donors (Lipinski definition) is 0. The van der Waals surface area contributed by atoms with Crippen LogP contribution in [-0.4, -0.2) is 42.0 Å². The second-order valence-electron chi connectivity index (χ2n) is 7.62. The number of carbonyl (C=O) groups is 1. The van der Waals surface area contributed by atoms with Crippen molar-refractivity contribution < 1.29 is 9.21 Å². The molecule has 0 unspecified atom stereocenters. The minimum atomic E-state index is -0.0525. The SMILES string of the molecule is N#Cc1cc(Cl)cc(N2CCN(C(=O)c3cncc4cc(C5CC5)oc34)CC2)c1. The molecule has 1 saturated heterocycles. The number of amides is 1. The fourth-order valence-electron chi connectivity index (χ4n) is 3.86. The average molecular weight is 407 g/mol. The maximum atomic E-state index is 13.1. The van der Waals surface area contributed by atoms with E-state index in [0.29, 0.717) is 53.8 Å². The zero-order chi connectivity index (χ0) is 20.0. The summed E-state index contributed by atoms with van der Waals surface area (Å²) in [6, 6.07) is 9.48. The van der Waals surface area contributed by atoms with Gasteiger partial charge in [0, 0.05) is 60.6 Å². The Hall–Kier alpha value is -3.04. The number of pyridine rings is 1. The van der Waals surface area contributed by atoms with E-state index in [1.165, 1.54) is 0 Å². The number of piperazine rings is 1. The number of furan rings is 1. The fraction of sp³-hybridized carbons (Fsp3) is 0.318. The molecule has 0 radical (unpaired) electrons. The van der Waals surface area contributed by atoms with Crippen molar-refractivity contribution in [2.24, 2.45) is 0 Å². The first-order valence-electron chi connectivity index (χ1n) is 9.75. The van der Waals surface area contributed by atoms with E-state index in [1.54, 1.807) is 18.5 Å². The Labute approximate surface area is 173 Å². The molecule has 146 valence electrons. The highest BCUT2D eigenvalue weighted by molar-refractivity contribution is 6.31. The minimum absolute atomic E-state index is 0.0525. The lowest BCUT2D eigenvalue weighted by atomic mass is 10.1. The normalized spacial score (nSPS) is 16.8. The van der Waals surface area contributed by atoms with Crippen molar-refractivity contribution in [2.75, 3.05) is 31.1 Å². The maximum Gasteiger partial charge on any atom is 0.259 e. The van der Waals surface area contributed by atoms with E-state index in [9.17, 15) is 4.79 Å². The molecular weight excluding hydrogens is 388 g/mol. The molecule has 3 aromatic rings. The van der Waals surface area contributed by atoms with Crippen molar-refractivity contribution in [2.45, 2.75) is 18.8 Å². The molecule has 1 amide bonds. The quantitative estimate of drug-likeness (QED) is 0.652. The lowest BCUT2D eigenvalue weighted by Gasteiger charge is -2.36. The highest BCUT2D eigenvalue weighted by Gasteiger charge is 2.29. The first-order valence-corrected chi connectivity index (χ1v) is 10.1. The summed E-state index contributed by atoms with van der Waals surface area (Å²) >= 11 is 6.13. The van der Waals surface area contributed by atoms with Gasteiger partial charge in [0.05, 0.1) is 11.6 Å². The van der Waals surface area contributed by atoms with Crippen LogP contribution in [-0.2, 0) is 0 Å². The fourth-order valence-corrected chi connectivity index (χ4v) is 4.09. The summed E-state index contributed by atoms with van der Waals surface area (Å²) in [5.74, 6) is 1.40. The number of nitriles is 1. The van der Waals surface area contributed by atoms with Gasteiger partial charge in [0.15, 0.2) is 0 Å². The van der Waals surface area contributed by atoms with Crippen molar-refractivity contribution in [1.82, 2.24) is 9.88 Å². The Morgan fingerprint density at radius 2 is 1.93 bits per heavy atom. The summed E-state index contributed by atoms with van der Waals surface area (Å²) in [5.41, 5.74) is 2.61. The number of nitrogens with zero attached hydrogens (tertiary/aromatic N) is 4. The van der Waals surface area contributed by atoms with E-state index < -0.39 is 0 Å². The maximum absolute atomic E-state index is 13.1. The summed E-state index contributed by atoms with van der Waals surface area (Å²) in [5, 5.41) is 10.6. The van der Waals surface area contributed by atoms with E-state index in [2.05, 4.69) is 16.0 Å². The largest absolute Gasteiger partial charge is 0.460 e. The molecule has 29 heavy (non-hydrogen) atoms. The van der Waals surface area contributed by atoms with Gasteiger partial charge in [-0.2, -0.15) is 5.26 Å². The van der Waals surface area contributed by atoms with Crippen LogP contribution in [0.15, 0.2) is 41.1 Å². The number of carbonyl (C=O) groups excluding carboxylic acids is 1. The molecule has 2 aromatic heterocycles. The van der Waals surface area contributed by atoms with Crippen LogP contribution >= 0.6 is 11.6 Å². The van der Waals surface area contributed by atoms with Crippen LogP contribution < -0.4 is 4.90 Å². The third-order valence-electron chi connectivity index (χ3n) is 5.60. The van der Waals surface area contributed by atoms with Crippen LogP contribution in [0.4, 0.5) is 5.69 Å². The number of benzene rings is 1. The molecule has 7 heteroatoms. The second kappa shape index (κ2) is 7.09. The Bertz CT molecular complexity index is 1140. The Balaban J connectivity index is 1.33. The standard InChI is InChI=1S/C22H19ClN4O2/c23-17-7-14(11-24)8-18(10-17)26-3-5-27(6-4-26)22(28)19-13-25-12-16-9-20(15-1-2-15)29-21(16)19/h7-10,12-13,15H,1-6H2. The molecule has 0 N–H and O–H groups in total. The van der Waals surface area contributed by atoms with Crippen molar-refractivity contribution in [3.8, 4) is 6.07 Å². The van der Waals surface area contributed by atoms with E-state index in [4.69, 9.17) is 21.3 Å². The van der Waals surface area contributed by atoms with Gasteiger partial charge in [-0.3, -0.25) is 9.78 Å². The van der Waals surface area contributed by atoms with Gasteiger partial charge in [-0.1, -0.05) is 11.6 Å². The van der Waals surface area contributed by atoms with Gasteiger partial charge in [0.2, 0.25) is 0 Å². The molecule has 2 aliphatic rings. The summed E-state index contributed by atoms with van der Waals surface area (Å²) < 4.78 is 6.02. The van der Waals surface area contributed by atoms with Gasteiger partial charge in [-0.05, 0) is 37.1 Å². The van der Waals surface area contributed by atoms with Gasteiger partial charge < -0.3 is 14.2 Å². The molecular formula is C22H19ClN4O2. The van der Waals surface area contributed by atoms with Gasteiger partial charge in [0.25, 0.3) is 5.91 Å². The van der Waals surface area contributed by atoms with Crippen molar-refractivity contribution in [3.05, 3.63) is 58.6 Å². The predicted molar refractivity (Wildman–Crippen MR) is 110 cm³/mol. The highest BCUT2D eigenvalue weighted by Crippen LogP contribution is 2.42. The molecule has 0 atom stereocenters. The Morgan fingerprint density at radius 3 is 2.66 bits per heavy atom. The smallest absolute Gasteiger partial charge is 0.259 e.